The third-order valence-corrected chi connectivity index (χ3v) is 3.63. The van der Waals surface area contributed by atoms with Gasteiger partial charge in [0.25, 0.3) is 5.91 Å². The van der Waals surface area contributed by atoms with Gasteiger partial charge < -0.3 is 15.8 Å². The summed E-state index contributed by atoms with van der Waals surface area (Å²) in [4.78, 5) is 12.2. The van der Waals surface area contributed by atoms with Crippen molar-refractivity contribution >= 4 is 34.5 Å². The van der Waals surface area contributed by atoms with Crippen molar-refractivity contribution in [3.05, 3.63) is 58.6 Å². The highest BCUT2D eigenvalue weighted by atomic mass is 35.5. The normalized spacial score (nSPS) is 15.4. The summed E-state index contributed by atoms with van der Waals surface area (Å²) in [5.41, 5.74) is 9.28. The van der Waals surface area contributed by atoms with Gasteiger partial charge in [-0.2, -0.15) is 0 Å². The second-order valence-corrected chi connectivity index (χ2v) is 5.10. The molecule has 4 nitrogen and oxygen atoms in total. The molecule has 21 heavy (non-hydrogen) atoms. The lowest BCUT2D eigenvalue weighted by Crippen LogP contribution is -2.09. The minimum absolute atomic E-state index is 0.222. The second-order valence-electron chi connectivity index (χ2n) is 4.66. The fraction of sp³-hybridized carbons (Fsp3) is 0.0625. The SMILES string of the molecule is COc1ccc(/C(N)=C2\C(=O)Nc3cc(Cl)ccc32)cc1. The molecule has 0 radical (unpaired) electrons. The van der Waals surface area contributed by atoms with Gasteiger partial charge in [-0.15, -0.1) is 0 Å². The largest absolute Gasteiger partial charge is 0.497 e. The molecular formula is C16H13ClN2O2. The molecule has 0 saturated heterocycles. The minimum atomic E-state index is -0.222. The number of carbonyl (C=O) groups is 1. The van der Waals surface area contributed by atoms with E-state index in [0.717, 1.165) is 16.9 Å². The van der Waals surface area contributed by atoms with Crippen LogP contribution in [0, 0.1) is 0 Å². The lowest BCUT2D eigenvalue weighted by molar-refractivity contribution is -0.110. The third kappa shape index (κ3) is 2.34. The van der Waals surface area contributed by atoms with E-state index in [0.29, 0.717) is 22.0 Å². The molecule has 3 N–H and O–H groups in total. The molecule has 0 unspecified atom stereocenters. The number of nitrogens with two attached hydrogens (primary N) is 1. The second kappa shape index (κ2) is 5.14. The first-order valence-electron chi connectivity index (χ1n) is 6.35. The zero-order valence-corrected chi connectivity index (χ0v) is 12.1. The number of anilines is 1. The molecule has 0 atom stereocenters. The Bertz CT molecular complexity index is 751. The van der Waals surface area contributed by atoms with Crippen LogP contribution in [-0.2, 0) is 4.79 Å². The predicted octanol–water partition coefficient (Wildman–Crippen LogP) is 3.13. The molecule has 5 heteroatoms. The number of hydrogen-bond acceptors (Lipinski definition) is 3. The number of fused-ring (bicyclic) bond motifs is 1. The molecule has 0 aliphatic carbocycles. The van der Waals surface area contributed by atoms with Crippen LogP contribution in [0.4, 0.5) is 5.69 Å². The minimum Gasteiger partial charge on any atom is -0.497 e. The summed E-state index contributed by atoms with van der Waals surface area (Å²) < 4.78 is 5.11. The Labute approximate surface area is 127 Å². The van der Waals surface area contributed by atoms with Crippen molar-refractivity contribution in [2.45, 2.75) is 0 Å². The highest BCUT2D eigenvalue weighted by Crippen LogP contribution is 2.36. The standard InChI is InChI=1S/C16H13ClN2O2/c1-21-11-5-2-9(3-6-11)15(18)14-12-7-4-10(17)8-13(12)19-16(14)20/h2-8H,18H2,1H3,(H,19,20)/b15-14+. The fourth-order valence-corrected chi connectivity index (χ4v) is 2.50. The van der Waals surface area contributed by atoms with Crippen molar-refractivity contribution in [1.29, 1.82) is 0 Å². The van der Waals surface area contributed by atoms with E-state index in [9.17, 15) is 4.79 Å². The van der Waals surface area contributed by atoms with Crippen LogP contribution >= 0.6 is 11.6 Å². The molecule has 0 bridgehead atoms. The van der Waals surface area contributed by atoms with Crippen LogP contribution in [0.2, 0.25) is 5.02 Å². The summed E-state index contributed by atoms with van der Waals surface area (Å²) in [6, 6.07) is 12.5. The Morgan fingerprint density at radius 2 is 1.90 bits per heavy atom. The van der Waals surface area contributed by atoms with E-state index >= 15 is 0 Å². The smallest absolute Gasteiger partial charge is 0.258 e. The van der Waals surface area contributed by atoms with E-state index in [1.165, 1.54) is 0 Å². The predicted molar refractivity (Wildman–Crippen MR) is 84.1 cm³/mol. The van der Waals surface area contributed by atoms with E-state index < -0.39 is 0 Å². The number of halogens is 1. The number of ether oxygens (including phenoxy) is 1. The van der Waals surface area contributed by atoms with Crippen molar-refractivity contribution in [2.75, 3.05) is 12.4 Å². The van der Waals surface area contributed by atoms with Gasteiger partial charge in [-0.05, 0) is 42.0 Å². The lowest BCUT2D eigenvalue weighted by atomic mass is 10.0. The first kappa shape index (κ1) is 13.5. The van der Waals surface area contributed by atoms with Crippen LogP contribution in [0.5, 0.6) is 5.75 Å². The molecule has 1 aliphatic rings. The molecule has 106 valence electrons. The summed E-state index contributed by atoms with van der Waals surface area (Å²) in [6.45, 7) is 0. The van der Waals surface area contributed by atoms with E-state index in [4.69, 9.17) is 22.1 Å². The van der Waals surface area contributed by atoms with Crippen molar-refractivity contribution in [3.63, 3.8) is 0 Å². The van der Waals surface area contributed by atoms with Gasteiger partial charge in [-0.3, -0.25) is 4.79 Å². The summed E-state index contributed by atoms with van der Waals surface area (Å²) >= 11 is 5.94. The lowest BCUT2D eigenvalue weighted by Gasteiger charge is -2.07. The molecule has 1 amide bonds. The number of rotatable bonds is 2. The summed E-state index contributed by atoms with van der Waals surface area (Å²) in [5.74, 6) is 0.514. The highest BCUT2D eigenvalue weighted by Gasteiger charge is 2.27. The van der Waals surface area contributed by atoms with Crippen molar-refractivity contribution < 1.29 is 9.53 Å². The maximum atomic E-state index is 12.2. The number of hydrogen-bond donors (Lipinski definition) is 2. The van der Waals surface area contributed by atoms with Gasteiger partial charge in [0.05, 0.1) is 24.1 Å². The Kier molecular flexibility index (Phi) is 3.31. The molecule has 0 saturated carbocycles. The van der Waals surface area contributed by atoms with Crippen LogP contribution in [-0.4, -0.2) is 13.0 Å². The van der Waals surface area contributed by atoms with Gasteiger partial charge in [0.15, 0.2) is 0 Å². The zero-order valence-electron chi connectivity index (χ0n) is 11.3. The first-order chi connectivity index (χ1) is 10.1. The Morgan fingerprint density at radius 3 is 2.57 bits per heavy atom. The summed E-state index contributed by atoms with van der Waals surface area (Å²) in [7, 11) is 1.60. The fourth-order valence-electron chi connectivity index (χ4n) is 2.33. The van der Waals surface area contributed by atoms with Crippen LogP contribution in [0.1, 0.15) is 11.1 Å². The molecule has 0 fully saturated rings. The number of nitrogens with one attached hydrogen (secondary N) is 1. The van der Waals surface area contributed by atoms with Gasteiger partial charge in [0, 0.05) is 10.6 Å². The van der Waals surface area contributed by atoms with Gasteiger partial charge >= 0.3 is 0 Å². The summed E-state index contributed by atoms with van der Waals surface area (Å²) in [6.07, 6.45) is 0. The van der Waals surface area contributed by atoms with Crippen molar-refractivity contribution in [3.8, 4) is 5.75 Å². The number of benzene rings is 2. The molecule has 3 rings (SSSR count). The number of carbonyl (C=O) groups excluding carboxylic acids is 1. The molecule has 2 aromatic carbocycles. The van der Waals surface area contributed by atoms with Gasteiger partial charge in [-0.1, -0.05) is 17.7 Å². The van der Waals surface area contributed by atoms with E-state index in [1.807, 2.05) is 12.1 Å². The van der Waals surface area contributed by atoms with Crippen molar-refractivity contribution in [1.82, 2.24) is 0 Å². The van der Waals surface area contributed by atoms with Gasteiger partial charge in [-0.25, -0.2) is 0 Å². The van der Waals surface area contributed by atoms with E-state index in [-0.39, 0.29) is 5.91 Å². The zero-order chi connectivity index (χ0) is 15.0. The third-order valence-electron chi connectivity index (χ3n) is 3.40. The quantitative estimate of drug-likeness (QED) is 0.838. The van der Waals surface area contributed by atoms with Crippen LogP contribution in [0.15, 0.2) is 42.5 Å². The number of amides is 1. The Morgan fingerprint density at radius 1 is 1.19 bits per heavy atom. The highest BCUT2D eigenvalue weighted by molar-refractivity contribution is 6.37. The van der Waals surface area contributed by atoms with E-state index in [2.05, 4.69) is 5.32 Å². The van der Waals surface area contributed by atoms with Crippen LogP contribution < -0.4 is 15.8 Å². The maximum absolute atomic E-state index is 12.2. The first-order valence-corrected chi connectivity index (χ1v) is 6.73. The Hall–Kier alpha value is -2.46. The monoisotopic (exact) mass is 300 g/mol. The average molecular weight is 301 g/mol. The molecule has 2 aromatic rings. The van der Waals surface area contributed by atoms with Gasteiger partial charge in [0.2, 0.25) is 0 Å². The Balaban J connectivity index is 2.11. The molecule has 1 aliphatic heterocycles. The van der Waals surface area contributed by atoms with E-state index in [1.54, 1.807) is 37.4 Å². The molecular weight excluding hydrogens is 288 g/mol. The average Bonchev–Trinajstić information content (AvgIpc) is 2.81. The van der Waals surface area contributed by atoms with Crippen LogP contribution in [0.25, 0.3) is 11.3 Å². The molecule has 0 aromatic heterocycles. The number of methoxy groups -OCH3 is 1. The molecule has 1 heterocycles. The van der Waals surface area contributed by atoms with Crippen LogP contribution in [0.3, 0.4) is 0 Å². The maximum Gasteiger partial charge on any atom is 0.258 e. The summed E-state index contributed by atoms with van der Waals surface area (Å²) in [5, 5.41) is 3.34. The topological polar surface area (TPSA) is 64.3 Å². The molecule has 0 spiro atoms. The van der Waals surface area contributed by atoms with Gasteiger partial charge in [0.1, 0.15) is 5.75 Å². The van der Waals surface area contributed by atoms with Crippen molar-refractivity contribution in [2.24, 2.45) is 5.73 Å².